The van der Waals surface area contributed by atoms with Crippen LogP contribution < -0.4 is 4.90 Å². The number of rotatable bonds is 6. The number of nitrogens with zero attached hydrogens (tertiary/aromatic N) is 2. The Labute approximate surface area is 154 Å². The van der Waals surface area contributed by atoms with E-state index < -0.39 is 6.17 Å². The van der Waals surface area contributed by atoms with E-state index in [9.17, 15) is 9.18 Å². The molecule has 0 saturated carbocycles. The second-order valence-corrected chi connectivity index (χ2v) is 6.73. The van der Waals surface area contributed by atoms with Crippen LogP contribution in [0.25, 0.3) is 0 Å². The standard InChI is InChI=1S/C21H25FN2O2/c1-23(19-10-8-17(9-11-19)21(25)26-2)15-20(16-6-4-3-5-7-16)24-13-12-18(22)14-24/h3-11,18,20H,12-15H2,1-2H3/t18-,20-/m0/s1. The number of anilines is 1. The number of alkyl halides is 1. The van der Waals surface area contributed by atoms with Gasteiger partial charge >= 0.3 is 5.97 Å². The van der Waals surface area contributed by atoms with Gasteiger partial charge in [0.2, 0.25) is 0 Å². The van der Waals surface area contributed by atoms with Crippen LogP contribution in [-0.4, -0.2) is 50.8 Å². The van der Waals surface area contributed by atoms with Gasteiger partial charge < -0.3 is 9.64 Å². The van der Waals surface area contributed by atoms with Gasteiger partial charge in [0.05, 0.1) is 18.7 Å². The van der Waals surface area contributed by atoms with Gasteiger partial charge in [0.1, 0.15) is 6.17 Å². The van der Waals surface area contributed by atoms with Crippen LogP contribution in [0.4, 0.5) is 10.1 Å². The number of carbonyl (C=O) groups excluding carboxylic acids is 1. The molecule has 0 N–H and O–H groups in total. The van der Waals surface area contributed by atoms with Gasteiger partial charge in [0, 0.05) is 32.4 Å². The van der Waals surface area contributed by atoms with Crippen LogP contribution in [-0.2, 0) is 4.74 Å². The fourth-order valence-corrected chi connectivity index (χ4v) is 3.47. The average molecular weight is 356 g/mol. The van der Waals surface area contributed by atoms with Crippen molar-refractivity contribution in [2.24, 2.45) is 0 Å². The van der Waals surface area contributed by atoms with E-state index in [4.69, 9.17) is 4.74 Å². The monoisotopic (exact) mass is 356 g/mol. The number of carbonyl (C=O) groups is 1. The molecule has 26 heavy (non-hydrogen) atoms. The van der Waals surface area contributed by atoms with Crippen molar-refractivity contribution >= 4 is 11.7 Å². The number of methoxy groups -OCH3 is 1. The molecule has 5 heteroatoms. The van der Waals surface area contributed by atoms with Crippen LogP contribution in [0.3, 0.4) is 0 Å². The zero-order chi connectivity index (χ0) is 18.5. The summed E-state index contributed by atoms with van der Waals surface area (Å²) in [4.78, 5) is 15.9. The van der Waals surface area contributed by atoms with Crippen molar-refractivity contribution in [2.45, 2.75) is 18.6 Å². The molecule has 2 aromatic carbocycles. The summed E-state index contributed by atoms with van der Waals surface area (Å²) in [7, 11) is 3.40. The van der Waals surface area contributed by atoms with E-state index in [1.54, 1.807) is 12.1 Å². The fraction of sp³-hybridized carbons (Fsp3) is 0.381. The summed E-state index contributed by atoms with van der Waals surface area (Å²) >= 11 is 0. The van der Waals surface area contributed by atoms with Gasteiger partial charge in [0.25, 0.3) is 0 Å². The molecule has 2 atom stereocenters. The second kappa shape index (κ2) is 8.32. The van der Waals surface area contributed by atoms with Gasteiger partial charge in [-0.1, -0.05) is 30.3 Å². The Morgan fingerprint density at radius 1 is 1.23 bits per heavy atom. The molecule has 138 valence electrons. The highest BCUT2D eigenvalue weighted by atomic mass is 19.1. The fourth-order valence-electron chi connectivity index (χ4n) is 3.47. The van der Waals surface area contributed by atoms with Gasteiger partial charge in [-0.3, -0.25) is 4.90 Å². The van der Waals surface area contributed by atoms with Crippen LogP contribution in [0.1, 0.15) is 28.4 Å². The van der Waals surface area contributed by atoms with Crippen molar-refractivity contribution in [1.82, 2.24) is 4.90 Å². The van der Waals surface area contributed by atoms with Crippen molar-refractivity contribution < 1.29 is 13.9 Å². The first-order valence-corrected chi connectivity index (χ1v) is 8.91. The van der Waals surface area contributed by atoms with Gasteiger partial charge in [-0.25, -0.2) is 9.18 Å². The first-order chi connectivity index (χ1) is 12.6. The zero-order valence-corrected chi connectivity index (χ0v) is 15.3. The van der Waals surface area contributed by atoms with E-state index in [-0.39, 0.29) is 12.0 Å². The number of hydrogen-bond donors (Lipinski definition) is 0. The SMILES string of the molecule is COC(=O)c1ccc(N(C)C[C@@H](c2ccccc2)N2CC[C@H](F)C2)cc1. The number of likely N-dealkylation sites (tertiary alicyclic amines) is 1. The number of benzene rings is 2. The lowest BCUT2D eigenvalue weighted by molar-refractivity contribution is 0.0601. The highest BCUT2D eigenvalue weighted by Gasteiger charge is 2.29. The maximum absolute atomic E-state index is 13.8. The minimum atomic E-state index is -0.745. The summed E-state index contributed by atoms with van der Waals surface area (Å²) in [6, 6.07) is 17.7. The van der Waals surface area contributed by atoms with E-state index in [2.05, 4.69) is 21.9 Å². The molecule has 0 spiro atoms. The predicted molar refractivity (Wildman–Crippen MR) is 101 cm³/mol. The molecular formula is C21H25FN2O2. The molecular weight excluding hydrogens is 331 g/mol. The number of ether oxygens (including phenoxy) is 1. The zero-order valence-electron chi connectivity index (χ0n) is 15.3. The molecule has 0 bridgehead atoms. The van der Waals surface area contributed by atoms with E-state index in [1.807, 2.05) is 37.4 Å². The van der Waals surface area contributed by atoms with Gasteiger partial charge in [-0.2, -0.15) is 0 Å². The maximum atomic E-state index is 13.8. The molecule has 3 rings (SSSR count). The van der Waals surface area contributed by atoms with Crippen molar-refractivity contribution in [1.29, 1.82) is 0 Å². The normalized spacial score (nSPS) is 18.5. The third kappa shape index (κ3) is 4.22. The number of likely N-dealkylation sites (N-methyl/N-ethyl adjacent to an activating group) is 1. The number of hydrogen-bond acceptors (Lipinski definition) is 4. The summed E-state index contributed by atoms with van der Waals surface area (Å²) in [5.74, 6) is -0.340. The molecule has 1 fully saturated rings. The van der Waals surface area contributed by atoms with Crippen molar-refractivity contribution in [3.05, 3.63) is 65.7 Å². The molecule has 0 radical (unpaired) electrons. The van der Waals surface area contributed by atoms with Gasteiger partial charge in [-0.05, 0) is 36.2 Å². The lowest BCUT2D eigenvalue weighted by atomic mass is 10.0. The summed E-state index contributed by atoms with van der Waals surface area (Å²) in [6.07, 6.45) is -0.146. The van der Waals surface area contributed by atoms with Crippen LogP contribution in [0.2, 0.25) is 0 Å². The van der Waals surface area contributed by atoms with E-state index in [0.717, 1.165) is 18.8 Å². The second-order valence-electron chi connectivity index (χ2n) is 6.73. The first-order valence-electron chi connectivity index (χ1n) is 8.91. The summed E-state index contributed by atoms with van der Waals surface area (Å²) in [5, 5.41) is 0. The molecule has 2 aromatic rings. The van der Waals surface area contributed by atoms with Crippen LogP contribution in [0.15, 0.2) is 54.6 Å². The summed E-state index contributed by atoms with van der Waals surface area (Å²) < 4.78 is 18.5. The molecule has 0 aromatic heterocycles. The predicted octanol–water partition coefficient (Wildman–Crippen LogP) is 3.69. The van der Waals surface area contributed by atoms with E-state index >= 15 is 0 Å². The van der Waals surface area contributed by atoms with E-state index in [0.29, 0.717) is 18.5 Å². The average Bonchev–Trinajstić information content (AvgIpc) is 3.12. The Kier molecular flexibility index (Phi) is 5.89. The number of esters is 1. The molecule has 1 heterocycles. The van der Waals surface area contributed by atoms with Crippen molar-refractivity contribution in [3.8, 4) is 0 Å². The Morgan fingerprint density at radius 3 is 2.50 bits per heavy atom. The lowest BCUT2D eigenvalue weighted by Gasteiger charge is -2.32. The van der Waals surface area contributed by atoms with Crippen molar-refractivity contribution in [2.75, 3.05) is 38.7 Å². The summed E-state index contributed by atoms with van der Waals surface area (Å²) in [5.41, 5.74) is 2.73. The Morgan fingerprint density at radius 2 is 1.92 bits per heavy atom. The smallest absolute Gasteiger partial charge is 0.337 e. The van der Waals surface area contributed by atoms with Crippen LogP contribution in [0.5, 0.6) is 0 Å². The summed E-state index contributed by atoms with van der Waals surface area (Å²) in [6.45, 7) is 2.00. The van der Waals surface area contributed by atoms with Crippen LogP contribution in [0, 0.1) is 0 Å². The highest BCUT2D eigenvalue weighted by Crippen LogP contribution is 2.28. The molecule has 0 aliphatic carbocycles. The lowest BCUT2D eigenvalue weighted by Crippen LogP contribution is -2.36. The third-order valence-corrected chi connectivity index (χ3v) is 4.96. The quantitative estimate of drug-likeness (QED) is 0.739. The minimum Gasteiger partial charge on any atom is -0.465 e. The highest BCUT2D eigenvalue weighted by molar-refractivity contribution is 5.89. The van der Waals surface area contributed by atoms with Gasteiger partial charge in [-0.15, -0.1) is 0 Å². The Balaban J connectivity index is 1.76. The molecule has 0 unspecified atom stereocenters. The van der Waals surface area contributed by atoms with Crippen LogP contribution >= 0.6 is 0 Å². The molecule has 4 nitrogen and oxygen atoms in total. The minimum absolute atomic E-state index is 0.127. The maximum Gasteiger partial charge on any atom is 0.337 e. The Hall–Kier alpha value is -2.40. The van der Waals surface area contributed by atoms with Gasteiger partial charge in [0.15, 0.2) is 0 Å². The largest absolute Gasteiger partial charge is 0.465 e. The first kappa shape index (κ1) is 18.4. The molecule has 0 amide bonds. The topological polar surface area (TPSA) is 32.8 Å². The number of halogens is 1. The molecule has 1 saturated heterocycles. The Bertz CT molecular complexity index is 721. The third-order valence-electron chi connectivity index (χ3n) is 4.96. The van der Waals surface area contributed by atoms with Crippen molar-refractivity contribution in [3.63, 3.8) is 0 Å². The van der Waals surface area contributed by atoms with E-state index in [1.165, 1.54) is 12.7 Å². The molecule has 1 aliphatic heterocycles. The molecule has 1 aliphatic rings.